The van der Waals surface area contributed by atoms with E-state index >= 15 is 0 Å². The first-order chi connectivity index (χ1) is 16.0. The van der Waals surface area contributed by atoms with Crippen molar-refractivity contribution in [2.75, 3.05) is 26.2 Å². The van der Waals surface area contributed by atoms with E-state index in [1.165, 1.54) is 0 Å². The van der Waals surface area contributed by atoms with E-state index < -0.39 is 6.10 Å². The molecule has 3 N–H and O–H groups in total. The van der Waals surface area contributed by atoms with Gasteiger partial charge < -0.3 is 20.6 Å². The average Bonchev–Trinajstić information content (AvgIpc) is 2.85. The van der Waals surface area contributed by atoms with E-state index in [0.717, 1.165) is 28.4 Å². The van der Waals surface area contributed by atoms with Crippen LogP contribution in [0, 0.1) is 0 Å². The van der Waals surface area contributed by atoms with E-state index in [4.69, 9.17) is 0 Å². The quantitative estimate of drug-likeness (QED) is 0.499. The monoisotopic (exact) mass is 481 g/mol. The third kappa shape index (κ3) is 5.41. The molecule has 34 heavy (non-hydrogen) atoms. The zero-order valence-corrected chi connectivity index (χ0v) is 20.4. The fourth-order valence-electron chi connectivity index (χ4n) is 4.45. The standard InChI is InChI=1S/C27H31N3O3.ClH/c1-3-30(4-2)27(33)21-9-5-7-19(16-21)22-10-6-8-18-15-20(11-12-23(18)22)26(32)29-24-13-14-28-17-25(24)31;/h5-12,15-16,24-25,28,31H,3-4,13-14,17H2,1-2H3,(H,29,32);1H/t24-,25-;/m1./s1. The summed E-state index contributed by atoms with van der Waals surface area (Å²) in [6, 6.07) is 19.1. The van der Waals surface area contributed by atoms with Gasteiger partial charge in [-0.2, -0.15) is 0 Å². The highest BCUT2D eigenvalue weighted by atomic mass is 35.5. The third-order valence-corrected chi connectivity index (χ3v) is 6.38. The molecule has 3 aromatic rings. The van der Waals surface area contributed by atoms with Gasteiger partial charge in [0.05, 0.1) is 12.1 Å². The molecule has 0 spiro atoms. The second-order valence-corrected chi connectivity index (χ2v) is 8.44. The van der Waals surface area contributed by atoms with Gasteiger partial charge in [0.25, 0.3) is 11.8 Å². The number of nitrogens with zero attached hydrogens (tertiary/aromatic N) is 1. The molecule has 180 valence electrons. The van der Waals surface area contributed by atoms with Crippen LogP contribution in [0.25, 0.3) is 21.9 Å². The third-order valence-electron chi connectivity index (χ3n) is 6.38. The number of fused-ring (bicyclic) bond motifs is 1. The van der Waals surface area contributed by atoms with Crippen molar-refractivity contribution in [3.63, 3.8) is 0 Å². The molecular weight excluding hydrogens is 450 g/mol. The molecule has 4 rings (SSSR count). The minimum atomic E-state index is -0.582. The molecule has 0 aromatic heterocycles. The van der Waals surface area contributed by atoms with Gasteiger partial charge in [-0.25, -0.2) is 0 Å². The number of amides is 2. The zero-order valence-electron chi connectivity index (χ0n) is 19.6. The summed E-state index contributed by atoms with van der Waals surface area (Å²) in [5, 5.41) is 18.2. The van der Waals surface area contributed by atoms with Crippen molar-refractivity contribution in [3.8, 4) is 11.1 Å². The van der Waals surface area contributed by atoms with Gasteiger partial charge in [-0.3, -0.25) is 9.59 Å². The molecule has 1 saturated heterocycles. The minimum absolute atomic E-state index is 0. The fourth-order valence-corrected chi connectivity index (χ4v) is 4.45. The zero-order chi connectivity index (χ0) is 23.4. The number of aliphatic hydroxyl groups is 1. The maximum atomic E-state index is 12.8. The highest BCUT2D eigenvalue weighted by molar-refractivity contribution is 6.03. The summed E-state index contributed by atoms with van der Waals surface area (Å²) >= 11 is 0. The van der Waals surface area contributed by atoms with Gasteiger partial charge in [0.2, 0.25) is 0 Å². The first-order valence-electron chi connectivity index (χ1n) is 11.6. The average molecular weight is 482 g/mol. The number of nitrogens with one attached hydrogen (secondary N) is 2. The van der Waals surface area contributed by atoms with Crippen molar-refractivity contribution in [2.24, 2.45) is 0 Å². The number of rotatable bonds is 6. The summed E-state index contributed by atoms with van der Waals surface area (Å²) in [6.45, 7) is 6.58. The molecule has 6 nitrogen and oxygen atoms in total. The lowest BCUT2D eigenvalue weighted by Gasteiger charge is -2.29. The van der Waals surface area contributed by atoms with Crippen LogP contribution in [0.15, 0.2) is 60.7 Å². The molecule has 1 fully saturated rings. The van der Waals surface area contributed by atoms with Crippen LogP contribution in [0.1, 0.15) is 41.0 Å². The molecule has 0 radical (unpaired) electrons. The predicted octanol–water partition coefficient (Wildman–Crippen LogP) is 3.86. The number of hydrogen-bond acceptors (Lipinski definition) is 4. The summed E-state index contributed by atoms with van der Waals surface area (Å²) in [4.78, 5) is 27.4. The number of halogens is 1. The van der Waals surface area contributed by atoms with E-state index in [1.807, 2.05) is 79.4 Å². The van der Waals surface area contributed by atoms with Crippen LogP contribution < -0.4 is 10.6 Å². The number of aliphatic hydroxyl groups excluding tert-OH is 1. The van der Waals surface area contributed by atoms with Crippen molar-refractivity contribution in [2.45, 2.75) is 32.4 Å². The van der Waals surface area contributed by atoms with Crippen LogP contribution in [0.5, 0.6) is 0 Å². The van der Waals surface area contributed by atoms with Crippen molar-refractivity contribution in [1.82, 2.24) is 15.5 Å². The van der Waals surface area contributed by atoms with Gasteiger partial charge in [-0.05, 0) is 73.0 Å². The van der Waals surface area contributed by atoms with Crippen LogP contribution >= 0.6 is 12.4 Å². The first kappa shape index (κ1) is 25.7. The number of hydrogen-bond donors (Lipinski definition) is 3. The van der Waals surface area contributed by atoms with E-state index in [9.17, 15) is 14.7 Å². The van der Waals surface area contributed by atoms with Crippen molar-refractivity contribution in [3.05, 3.63) is 71.8 Å². The molecule has 3 aromatic carbocycles. The van der Waals surface area contributed by atoms with Crippen molar-refractivity contribution < 1.29 is 14.7 Å². The lowest BCUT2D eigenvalue weighted by Crippen LogP contribution is -2.52. The Kier molecular flexibility index (Phi) is 8.67. The largest absolute Gasteiger partial charge is 0.390 e. The number of β-amino-alcohol motifs (C(OH)–C–C–N with tert-alkyl or cyclic N) is 1. The molecule has 1 aliphatic heterocycles. The van der Waals surface area contributed by atoms with Crippen LogP contribution in [0.2, 0.25) is 0 Å². The van der Waals surface area contributed by atoms with Crippen molar-refractivity contribution >= 4 is 35.0 Å². The number of carbonyl (C=O) groups is 2. The highest BCUT2D eigenvalue weighted by Crippen LogP contribution is 2.30. The Labute approximate surface area is 206 Å². The molecule has 2 atom stereocenters. The van der Waals surface area contributed by atoms with Crippen LogP contribution in [-0.2, 0) is 0 Å². The molecule has 0 saturated carbocycles. The molecule has 1 aliphatic rings. The molecule has 1 heterocycles. The van der Waals surface area contributed by atoms with E-state index in [2.05, 4.69) is 10.6 Å². The van der Waals surface area contributed by atoms with Gasteiger partial charge in [0, 0.05) is 30.8 Å². The predicted molar refractivity (Wildman–Crippen MR) is 139 cm³/mol. The smallest absolute Gasteiger partial charge is 0.253 e. The maximum Gasteiger partial charge on any atom is 0.253 e. The summed E-state index contributed by atoms with van der Waals surface area (Å²) in [7, 11) is 0. The minimum Gasteiger partial charge on any atom is -0.390 e. The molecule has 7 heteroatoms. The number of benzene rings is 3. The van der Waals surface area contributed by atoms with Gasteiger partial charge in [-0.15, -0.1) is 12.4 Å². The summed E-state index contributed by atoms with van der Waals surface area (Å²) in [6.07, 6.45) is 0.119. The Morgan fingerprint density at radius 1 is 1.03 bits per heavy atom. The van der Waals surface area contributed by atoms with Gasteiger partial charge in [0.15, 0.2) is 0 Å². The molecular formula is C27H32ClN3O3. The first-order valence-corrected chi connectivity index (χ1v) is 11.6. The number of carbonyl (C=O) groups excluding carboxylic acids is 2. The van der Waals surface area contributed by atoms with Crippen LogP contribution in [-0.4, -0.2) is 60.1 Å². The molecule has 0 aliphatic carbocycles. The van der Waals surface area contributed by atoms with Crippen LogP contribution in [0.3, 0.4) is 0 Å². The topological polar surface area (TPSA) is 81.7 Å². The Hall–Kier alpha value is -2.93. The Bertz CT molecular complexity index is 1160. The Balaban J connectivity index is 0.00000324. The van der Waals surface area contributed by atoms with Crippen molar-refractivity contribution in [1.29, 1.82) is 0 Å². The summed E-state index contributed by atoms with van der Waals surface area (Å²) in [5.74, 6) is -0.152. The molecule has 2 amide bonds. The molecule has 0 bridgehead atoms. The second kappa shape index (κ2) is 11.5. The SMILES string of the molecule is CCN(CC)C(=O)c1cccc(-c2cccc3cc(C(=O)N[C@@H]4CCNC[C@H]4O)ccc23)c1.Cl. The maximum absolute atomic E-state index is 12.8. The normalized spacial score (nSPS) is 17.6. The van der Waals surface area contributed by atoms with E-state index in [-0.39, 0.29) is 30.3 Å². The fraction of sp³-hybridized carbons (Fsp3) is 0.333. The van der Waals surface area contributed by atoms with E-state index in [0.29, 0.717) is 37.2 Å². The summed E-state index contributed by atoms with van der Waals surface area (Å²) in [5.41, 5.74) is 3.22. The Morgan fingerprint density at radius 3 is 2.53 bits per heavy atom. The van der Waals surface area contributed by atoms with Gasteiger partial charge in [0.1, 0.15) is 0 Å². The van der Waals surface area contributed by atoms with E-state index in [1.54, 1.807) is 0 Å². The van der Waals surface area contributed by atoms with Gasteiger partial charge >= 0.3 is 0 Å². The Morgan fingerprint density at radius 2 is 1.79 bits per heavy atom. The highest BCUT2D eigenvalue weighted by Gasteiger charge is 2.24. The molecule has 0 unspecified atom stereocenters. The van der Waals surface area contributed by atoms with Crippen LogP contribution in [0.4, 0.5) is 0 Å². The second-order valence-electron chi connectivity index (χ2n) is 8.44. The summed E-state index contributed by atoms with van der Waals surface area (Å²) < 4.78 is 0. The lowest BCUT2D eigenvalue weighted by molar-refractivity contribution is 0.0763. The number of piperidine rings is 1. The van der Waals surface area contributed by atoms with Gasteiger partial charge in [-0.1, -0.05) is 36.4 Å². The lowest BCUT2D eigenvalue weighted by atomic mass is 9.95.